The average Bonchev–Trinajstić information content (AvgIpc) is 3.00. The summed E-state index contributed by atoms with van der Waals surface area (Å²) < 4.78 is 5.39. The van der Waals surface area contributed by atoms with E-state index in [0.717, 1.165) is 10.5 Å². The van der Waals surface area contributed by atoms with E-state index in [0.29, 0.717) is 24.1 Å². The zero-order chi connectivity index (χ0) is 17.5. The number of benzene rings is 1. The van der Waals surface area contributed by atoms with E-state index < -0.39 is 17.6 Å². The van der Waals surface area contributed by atoms with Crippen molar-refractivity contribution in [1.82, 2.24) is 10.2 Å². The molecule has 0 aromatic heterocycles. The summed E-state index contributed by atoms with van der Waals surface area (Å²) in [5.41, 5.74) is 0.666. The molecule has 1 aromatic carbocycles. The summed E-state index contributed by atoms with van der Waals surface area (Å²) in [6.07, 6.45) is 0.0617. The van der Waals surface area contributed by atoms with Crippen molar-refractivity contribution in [1.29, 1.82) is 0 Å². The molecule has 1 unspecified atom stereocenters. The topological polar surface area (TPSA) is 105 Å². The van der Waals surface area contributed by atoms with Crippen molar-refractivity contribution in [3.05, 3.63) is 29.3 Å². The Morgan fingerprint density at radius 3 is 2.75 bits per heavy atom. The van der Waals surface area contributed by atoms with Crippen LogP contribution < -0.4 is 10.6 Å². The molecule has 126 valence electrons. The number of nitrogens with zero attached hydrogens (tertiary/aromatic N) is 1. The Morgan fingerprint density at radius 1 is 1.33 bits per heavy atom. The van der Waals surface area contributed by atoms with Gasteiger partial charge in [0.25, 0.3) is 5.91 Å². The van der Waals surface area contributed by atoms with Crippen molar-refractivity contribution < 1.29 is 23.9 Å². The van der Waals surface area contributed by atoms with E-state index in [1.807, 2.05) is 0 Å². The van der Waals surface area contributed by atoms with E-state index in [-0.39, 0.29) is 18.4 Å². The number of hydrogen-bond donors (Lipinski definition) is 2. The van der Waals surface area contributed by atoms with E-state index in [1.54, 1.807) is 18.2 Å². The van der Waals surface area contributed by atoms with Crippen LogP contribution in [0.15, 0.2) is 18.2 Å². The van der Waals surface area contributed by atoms with Crippen molar-refractivity contribution >= 4 is 29.5 Å². The first-order chi connectivity index (χ1) is 11.4. The van der Waals surface area contributed by atoms with Crippen molar-refractivity contribution in [2.75, 3.05) is 18.9 Å². The molecule has 1 aliphatic carbocycles. The van der Waals surface area contributed by atoms with Crippen LogP contribution in [0.25, 0.3) is 0 Å². The number of ketones is 1. The van der Waals surface area contributed by atoms with Gasteiger partial charge in [0.05, 0.1) is 6.54 Å². The van der Waals surface area contributed by atoms with Gasteiger partial charge in [0.1, 0.15) is 5.78 Å². The number of anilines is 1. The van der Waals surface area contributed by atoms with Crippen molar-refractivity contribution in [2.24, 2.45) is 0 Å². The number of nitrogens with one attached hydrogen (secondary N) is 2. The first-order valence-electron chi connectivity index (χ1n) is 7.54. The molecule has 8 heteroatoms. The van der Waals surface area contributed by atoms with Crippen LogP contribution in [0.2, 0.25) is 0 Å². The van der Waals surface area contributed by atoms with Gasteiger partial charge in [0.15, 0.2) is 0 Å². The third kappa shape index (κ3) is 2.40. The fourth-order valence-electron chi connectivity index (χ4n) is 3.15. The molecule has 4 amide bonds. The highest BCUT2D eigenvalue weighted by molar-refractivity contribution is 6.06. The van der Waals surface area contributed by atoms with Gasteiger partial charge in [-0.3, -0.25) is 9.59 Å². The van der Waals surface area contributed by atoms with Gasteiger partial charge >= 0.3 is 12.1 Å². The molecule has 2 aliphatic rings. The number of rotatable bonds is 3. The lowest BCUT2D eigenvalue weighted by molar-refractivity contribution is -0.139. The molecule has 8 nitrogen and oxygen atoms in total. The molecular weight excluding hydrogens is 314 g/mol. The van der Waals surface area contributed by atoms with Gasteiger partial charge in [-0.2, -0.15) is 0 Å². The lowest BCUT2D eigenvalue weighted by Crippen LogP contribution is -2.39. The second-order valence-corrected chi connectivity index (χ2v) is 5.86. The van der Waals surface area contributed by atoms with Crippen LogP contribution in [-0.2, 0) is 26.3 Å². The number of hydrogen-bond acceptors (Lipinski definition) is 5. The summed E-state index contributed by atoms with van der Waals surface area (Å²) in [7, 11) is 1.51. The molecule has 1 aliphatic heterocycles. The van der Waals surface area contributed by atoms with E-state index in [9.17, 15) is 19.2 Å². The van der Waals surface area contributed by atoms with Gasteiger partial charge in [-0.05, 0) is 31.0 Å². The molecule has 0 radical (unpaired) electrons. The van der Waals surface area contributed by atoms with Crippen LogP contribution in [0.5, 0.6) is 0 Å². The molecule has 1 aromatic rings. The number of carbonyl (C=O) groups is 4. The molecule has 0 bridgehead atoms. The van der Waals surface area contributed by atoms with Crippen LogP contribution in [0.1, 0.15) is 24.5 Å². The zero-order valence-electron chi connectivity index (χ0n) is 13.3. The molecule has 1 fully saturated rings. The molecule has 1 heterocycles. The number of amides is 4. The molecule has 24 heavy (non-hydrogen) atoms. The number of Topliss-reactive ketones (excluding diaryl/α,β-unsaturated/α-hetero) is 1. The third-order valence-corrected chi connectivity index (χ3v) is 4.22. The molecule has 3 rings (SSSR count). The Morgan fingerprint density at radius 2 is 2.08 bits per heavy atom. The summed E-state index contributed by atoms with van der Waals surface area (Å²) in [6, 6.07) is 4.73. The first-order valence-corrected chi connectivity index (χ1v) is 7.54. The maximum Gasteiger partial charge on any atom is 0.418 e. The number of carbonyl (C=O) groups excluding carboxylic acids is 4. The summed E-state index contributed by atoms with van der Waals surface area (Å²) >= 11 is 0. The normalized spacial score (nSPS) is 21.7. The van der Waals surface area contributed by atoms with E-state index >= 15 is 0 Å². The number of urea groups is 1. The third-order valence-electron chi connectivity index (χ3n) is 4.22. The highest BCUT2D eigenvalue weighted by Crippen LogP contribution is 2.45. The van der Waals surface area contributed by atoms with Gasteiger partial charge in [0, 0.05) is 24.7 Å². The van der Waals surface area contributed by atoms with Crippen LogP contribution >= 0.6 is 0 Å². The minimum Gasteiger partial charge on any atom is -0.427 e. The highest BCUT2D eigenvalue weighted by atomic mass is 16.6. The number of aryl methyl sites for hydroxylation is 1. The summed E-state index contributed by atoms with van der Waals surface area (Å²) in [4.78, 5) is 48.2. The van der Waals surface area contributed by atoms with Gasteiger partial charge in [0.2, 0.25) is 5.60 Å². The van der Waals surface area contributed by atoms with E-state index in [2.05, 4.69) is 10.6 Å². The fourth-order valence-corrected chi connectivity index (χ4v) is 3.15. The van der Waals surface area contributed by atoms with E-state index in [1.165, 1.54) is 14.0 Å². The van der Waals surface area contributed by atoms with Crippen LogP contribution in [-0.4, -0.2) is 42.3 Å². The smallest absolute Gasteiger partial charge is 0.418 e. The number of fused-ring (bicyclic) bond motifs is 2. The standard InChI is InChI=1S/C16H17N3O5/c1-9(20)8-19-13(21)16(24-15(19)23)6-5-10-7-11(3-4-12(10)16)18-14(22)17-2/h3-4,7H,5-6,8H2,1-2H3,(H2,17,18,22). The Bertz CT molecular complexity index is 760. The van der Waals surface area contributed by atoms with Gasteiger partial charge in [-0.1, -0.05) is 6.07 Å². The fraction of sp³-hybridized carbons (Fsp3) is 0.375. The molecule has 1 atom stereocenters. The Kier molecular flexibility index (Phi) is 3.75. The Labute approximate surface area is 138 Å². The summed E-state index contributed by atoms with van der Waals surface area (Å²) in [5, 5.41) is 5.11. The summed E-state index contributed by atoms with van der Waals surface area (Å²) in [5.74, 6) is -0.797. The predicted octanol–water partition coefficient (Wildman–Crippen LogP) is 1.15. The summed E-state index contributed by atoms with van der Waals surface area (Å²) in [6.45, 7) is 1.02. The van der Waals surface area contributed by atoms with Gasteiger partial charge in [-0.25, -0.2) is 14.5 Å². The minimum atomic E-state index is -1.35. The SMILES string of the molecule is CNC(=O)Nc1ccc2c(c1)CCC21OC(=O)N(CC(C)=O)C1=O. The molecule has 1 saturated heterocycles. The number of imide groups is 1. The predicted molar refractivity (Wildman–Crippen MR) is 83.4 cm³/mol. The number of ether oxygens (including phenoxy) is 1. The minimum absolute atomic E-state index is 0.287. The van der Waals surface area contributed by atoms with Gasteiger partial charge < -0.3 is 15.4 Å². The maximum atomic E-state index is 12.7. The molecule has 2 N–H and O–H groups in total. The largest absolute Gasteiger partial charge is 0.427 e. The van der Waals surface area contributed by atoms with Crippen molar-refractivity contribution in [3.8, 4) is 0 Å². The maximum absolute atomic E-state index is 12.7. The zero-order valence-corrected chi connectivity index (χ0v) is 13.3. The second kappa shape index (κ2) is 5.63. The molecular formula is C16H17N3O5. The van der Waals surface area contributed by atoms with Crippen LogP contribution in [0.3, 0.4) is 0 Å². The highest BCUT2D eigenvalue weighted by Gasteiger charge is 2.58. The Balaban J connectivity index is 1.92. The quantitative estimate of drug-likeness (QED) is 0.864. The molecule has 1 spiro atoms. The molecule has 0 saturated carbocycles. The first kappa shape index (κ1) is 16.0. The van der Waals surface area contributed by atoms with Gasteiger partial charge in [-0.15, -0.1) is 0 Å². The van der Waals surface area contributed by atoms with Crippen molar-refractivity contribution in [2.45, 2.75) is 25.4 Å². The van der Waals surface area contributed by atoms with Crippen LogP contribution in [0.4, 0.5) is 15.3 Å². The van der Waals surface area contributed by atoms with E-state index in [4.69, 9.17) is 4.74 Å². The van der Waals surface area contributed by atoms with Crippen molar-refractivity contribution in [3.63, 3.8) is 0 Å². The van der Waals surface area contributed by atoms with Crippen LogP contribution in [0, 0.1) is 0 Å². The second-order valence-electron chi connectivity index (χ2n) is 5.86. The average molecular weight is 331 g/mol. The Hall–Kier alpha value is -2.90. The lowest BCUT2D eigenvalue weighted by Gasteiger charge is -2.20. The lowest BCUT2D eigenvalue weighted by atomic mass is 9.94. The monoisotopic (exact) mass is 331 g/mol.